The van der Waals surface area contributed by atoms with Gasteiger partial charge >= 0.3 is 0 Å². The number of hydrogen-bond donors (Lipinski definition) is 0. The Labute approximate surface area is 133 Å². The summed E-state index contributed by atoms with van der Waals surface area (Å²) in [6, 6.07) is 13.0. The van der Waals surface area contributed by atoms with Crippen molar-refractivity contribution in [3.05, 3.63) is 53.3 Å². The van der Waals surface area contributed by atoms with Crippen molar-refractivity contribution in [2.45, 2.75) is 45.6 Å². The van der Waals surface area contributed by atoms with Gasteiger partial charge < -0.3 is 4.90 Å². The second kappa shape index (κ2) is 7.10. The first-order chi connectivity index (χ1) is 10.8. The van der Waals surface area contributed by atoms with Gasteiger partial charge in [0.05, 0.1) is 5.69 Å². The highest BCUT2D eigenvalue weighted by Gasteiger charge is 2.23. The van der Waals surface area contributed by atoms with Crippen LogP contribution in [-0.4, -0.2) is 34.3 Å². The molecule has 0 N–H and O–H groups in total. The van der Waals surface area contributed by atoms with Crippen molar-refractivity contribution in [3.63, 3.8) is 0 Å². The monoisotopic (exact) mass is 297 g/mol. The topological polar surface area (TPSA) is 21.1 Å². The predicted molar refractivity (Wildman–Crippen MR) is 91.2 cm³/mol. The number of likely N-dealkylation sites (tertiary alicyclic amines) is 1. The zero-order chi connectivity index (χ0) is 15.4. The van der Waals surface area contributed by atoms with Crippen molar-refractivity contribution < 1.29 is 0 Å². The summed E-state index contributed by atoms with van der Waals surface area (Å²) in [5.41, 5.74) is 4.00. The van der Waals surface area contributed by atoms with Crippen LogP contribution in [-0.2, 0) is 13.0 Å². The Kier molecular flexibility index (Phi) is 4.94. The summed E-state index contributed by atoms with van der Waals surface area (Å²) in [5, 5.41) is 4.84. The van der Waals surface area contributed by atoms with Gasteiger partial charge in [0.15, 0.2) is 0 Å². The first-order valence-electron chi connectivity index (χ1n) is 8.63. The summed E-state index contributed by atoms with van der Waals surface area (Å²) in [5.74, 6) is 0.680. The lowest BCUT2D eigenvalue weighted by Gasteiger charge is -2.31. The molecule has 2 heterocycles. The van der Waals surface area contributed by atoms with Crippen LogP contribution in [0.4, 0.5) is 0 Å². The molecule has 2 aromatic rings. The number of nitrogens with zero attached hydrogens (tertiary/aromatic N) is 3. The van der Waals surface area contributed by atoms with Crippen LogP contribution in [0.5, 0.6) is 0 Å². The fraction of sp³-hybridized carbons (Fsp3) is 0.526. The lowest BCUT2D eigenvalue weighted by molar-refractivity contribution is 0.218. The molecular formula is C19H27N3. The van der Waals surface area contributed by atoms with Crippen LogP contribution in [0.1, 0.15) is 49.6 Å². The van der Waals surface area contributed by atoms with E-state index in [-0.39, 0.29) is 0 Å². The summed E-state index contributed by atoms with van der Waals surface area (Å²) in [7, 11) is 0. The van der Waals surface area contributed by atoms with Crippen molar-refractivity contribution in [1.82, 2.24) is 14.7 Å². The van der Waals surface area contributed by atoms with Gasteiger partial charge in [0.25, 0.3) is 0 Å². The van der Waals surface area contributed by atoms with Gasteiger partial charge in [-0.05, 0) is 51.0 Å². The van der Waals surface area contributed by atoms with Crippen LogP contribution in [0.15, 0.2) is 36.4 Å². The molecule has 3 rings (SSSR count). The average molecular weight is 297 g/mol. The van der Waals surface area contributed by atoms with E-state index in [9.17, 15) is 0 Å². The highest BCUT2D eigenvalue weighted by Crippen LogP contribution is 2.29. The first kappa shape index (κ1) is 15.3. The van der Waals surface area contributed by atoms with Gasteiger partial charge in [-0.2, -0.15) is 5.10 Å². The Balaban J connectivity index is 1.74. The van der Waals surface area contributed by atoms with Crippen molar-refractivity contribution in [2.24, 2.45) is 0 Å². The van der Waals surface area contributed by atoms with Gasteiger partial charge in [0, 0.05) is 24.6 Å². The molecule has 22 heavy (non-hydrogen) atoms. The maximum Gasteiger partial charge on any atom is 0.0671 e. The molecule has 1 aromatic heterocycles. The minimum absolute atomic E-state index is 0.680. The van der Waals surface area contributed by atoms with E-state index in [2.05, 4.69) is 59.8 Å². The molecule has 1 aliphatic rings. The third-order valence-electron chi connectivity index (χ3n) is 4.84. The molecule has 3 heteroatoms. The Morgan fingerprint density at radius 1 is 1.05 bits per heavy atom. The molecule has 0 aliphatic carbocycles. The van der Waals surface area contributed by atoms with E-state index in [0.717, 1.165) is 13.0 Å². The van der Waals surface area contributed by atoms with Gasteiger partial charge in [-0.15, -0.1) is 0 Å². The Morgan fingerprint density at radius 2 is 1.77 bits per heavy atom. The average Bonchev–Trinajstić information content (AvgIpc) is 2.99. The number of benzene rings is 1. The quantitative estimate of drug-likeness (QED) is 0.839. The molecule has 1 fully saturated rings. The molecule has 1 aromatic carbocycles. The molecule has 3 nitrogen and oxygen atoms in total. The van der Waals surface area contributed by atoms with Gasteiger partial charge in [-0.3, -0.25) is 4.68 Å². The molecule has 118 valence electrons. The van der Waals surface area contributed by atoms with Crippen LogP contribution >= 0.6 is 0 Å². The Morgan fingerprint density at radius 3 is 2.41 bits per heavy atom. The van der Waals surface area contributed by atoms with Gasteiger partial charge in [0.1, 0.15) is 0 Å². The van der Waals surface area contributed by atoms with Gasteiger partial charge in [-0.25, -0.2) is 0 Å². The van der Waals surface area contributed by atoms with Crippen LogP contribution < -0.4 is 0 Å². The van der Waals surface area contributed by atoms with Crippen LogP contribution in [0.2, 0.25) is 0 Å². The highest BCUT2D eigenvalue weighted by molar-refractivity contribution is 5.24. The van der Waals surface area contributed by atoms with E-state index in [1.54, 1.807) is 0 Å². The minimum Gasteiger partial charge on any atom is -0.304 e. The fourth-order valence-corrected chi connectivity index (χ4v) is 3.51. The van der Waals surface area contributed by atoms with E-state index < -0.39 is 0 Å². The van der Waals surface area contributed by atoms with Crippen molar-refractivity contribution in [2.75, 3.05) is 19.6 Å². The molecule has 0 amide bonds. The Hall–Kier alpha value is -1.61. The highest BCUT2D eigenvalue weighted by atomic mass is 15.3. The number of aromatic nitrogens is 2. The first-order valence-corrected chi connectivity index (χ1v) is 8.63. The summed E-state index contributed by atoms with van der Waals surface area (Å²) >= 11 is 0. The molecule has 1 aliphatic heterocycles. The normalized spacial score (nSPS) is 17.0. The summed E-state index contributed by atoms with van der Waals surface area (Å²) in [6.07, 6.45) is 3.48. The molecule has 0 saturated carbocycles. The molecule has 0 atom stereocenters. The van der Waals surface area contributed by atoms with Crippen LogP contribution in [0.3, 0.4) is 0 Å². The molecule has 0 spiro atoms. The number of rotatable bonds is 5. The third-order valence-corrected chi connectivity index (χ3v) is 4.84. The van der Waals surface area contributed by atoms with Crippen molar-refractivity contribution in [3.8, 4) is 0 Å². The van der Waals surface area contributed by atoms with Gasteiger partial charge in [-0.1, -0.05) is 37.3 Å². The molecule has 0 radical (unpaired) electrons. The zero-order valence-electron chi connectivity index (χ0n) is 13.8. The Bertz CT molecular complexity index is 580. The van der Waals surface area contributed by atoms with Crippen molar-refractivity contribution in [1.29, 1.82) is 0 Å². The SMILES string of the molecule is CCN1CCC(c2cc(Cc3ccccc3)nn2CC)CC1. The van der Waals surface area contributed by atoms with E-state index >= 15 is 0 Å². The largest absolute Gasteiger partial charge is 0.304 e. The smallest absolute Gasteiger partial charge is 0.0671 e. The number of hydrogen-bond acceptors (Lipinski definition) is 2. The maximum absolute atomic E-state index is 4.84. The molecular weight excluding hydrogens is 270 g/mol. The van der Waals surface area contributed by atoms with E-state index in [0.29, 0.717) is 5.92 Å². The van der Waals surface area contributed by atoms with Crippen LogP contribution in [0.25, 0.3) is 0 Å². The number of aryl methyl sites for hydroxylation is 1. The second-order valence-electron chi connectivity index (χ2n) is 6.25. The zero-order valence-corrected chi connectivity index (χ0v) is 13.8. The van der Waals surface area contributed by atoms with Crippen molar-refractivity contribution >= 4 is 0 Å². The number of piperidine rings is 1. The van der Waals surface area contributed by atoms with Gasteiger partial charge in [0.2, 0.25) is 0 Å². The lowest BCUT2D eigenvalue weighted by Crippen LogP contribution is -2.33. The van der Waals surface area contributed by atoms with E-state index in [4.69, 9.17) is 5.10 Å². The standard InChI is InChI=1S/C19H27N3/c1-3-21-12-10-17(11-13-21)19-15-18(20-22(19)4-2)14-16-8-6-5-7-9-16/h5-9,15,17H,3-4,10-14H2,1-2H3. The summed E-state index contributed by atoms with van der Waals surface area (Å²) < 4.78 is 2.23. The van der Waals surface area contributed by atoms with E-state index in [1.165, 1.54) is 49.4 Å². The molecule has 0 unspecified atom stereocenters. The maximum atomic E-state index is 4.84. The summed E-state index contributed by atoms with van der Waals surface area (Å²) in [6.45, 7) is 9.06. The fourth-order valence-electron chi connectivity index (χ4n) is 3.51. The molecule has 0 bridgehead atoms. The summed E-state index contributed by atoms with van der Waals surface area (Å²) in [4.78, 5) is 2.55. The lowest BCUT2D eigenvalue weighted by atomic mass is 9.93. The second-order valence-corrected chi connectivity index (χ2v) is 6.25. The van der Waals surface area contributed by atoms with E-state index in [1.807, 2.05) is 0 Å². The van der Waals surface area contributed by atoms with Crippen LogP contribution in [0, 0.1) is 0 Å². The molecule has 1 saturated heterocycles. The third kappa shape index (κ3) is 3.41. The minimum atomic E-state index is 0.680. The predicted octanol–water partition coefficient (Wildman–Crippen LogP) is 3.69.